The third-order valence-corrected chi connectivity index (χ3v) is 3.64. The Balaban J connectivity index is 3.10. The van der Waals surface area contributed by atoms with Gasteiger partial charge < -0.3 is 10.8 Å². The van der Waals surface area contributed by atoms with Crippen LogP contribution in [-0.2, 0) is 4.79 Å². The first-order valence-electron chi connectivity index (χ1n) is 6.09. The van der Waals surface area contributed by atoms with Crippen molar-refractivity contribution in [1.82, 2.24) is 0 Å². The molecular weight excluding hydrogens is 313 g/mol. The van der Waals surface area contributed by atoms with Crippen molar-refractivity contribution in [3.63, 3.8) is 0 Å². The number of carboxylic acid groups (broad SMARTS) is 1. The third-order valence-electron chi connectivity index (χ3n) is 2.98. The number of nitrogens with two attached hydrogens (primary N) is 1. The first-order valence-corrected chi connectivity index (χ1v) is 6.88. The van der Waals surface area contributed by atoms with Crippen molar-refractivity contribution in [3.05, 3.63) is 28.0 Å². The van der Waals surface area contributed by atoms with E-state index in [2.05, 4.69) is 15.9 Å². The summed E-state index contributed by atoms with van der Waals surface area (Å²) in [6, 6.07) is 2.45. The van der Waals surface area contributed by atoms with Crippen LogP contribution in [0.5, 0.6) is 0 Å². The molecule has 0 amide bonds. The lowest BCUT2D eigenvalue weighted by Gasteiger charge is -2.22. The fourth-order valence-corrected chi connectivity index (χ4v) is 2.33. The smallest absolute Gasteiger partial charge is 0.311 e. The van der Waals surface area contributed by atoms with E-state index in [-0.39, 0.29) is 5.41 Å². The van der Waals surface area contributed by atoms with E-state index in [0.29, 0.717) is 22.1 Å². The molecular formula is C14H19BrFNO2. The minimum Gasteiger partial charge on any atom is -0.481 e. The Hall–Kier alpha value is -1.10. The third kappa shape index (κ3) is 4.49. The topological polar surface area (TPSA) is 63.3 Å². The van der Waals surface area contributed by atoms with Gasteiger partial charge in [-0.3, -0.25) is 4.79 Å². The van der Waals surface area contributed by atoms with Crippen molar-refractivity contribution in [3.8, 4) is 0 Å². The number of hydrogen-bond acceptors (Lipinski definition) is 2. The number of hydrogen-bond donors (Lipinski definition) is 2. The molecule has 0 saturated carbocycles. The minimum atomic E-state index is -0.978. The Labute approximate surface area is 121 Å². The van der Waals surface area contributed by atoms with E-state index in [9.17, 15) is 14.3 Å². The molecule has 106 valence electrons. The van der Waals surface area contributed by atoms with Crippen LogP contribution in [0.4, 0.5) is 10.1 Å². The van der Waals surface area contributed by atoms with Gasteiger partial charge in [-0.05, 0) is 51.9 Å². The summed E-state index contributed by atoms with van der Waals surface area (Å²) in [5.41, 5.74) is 6.50. The molecule has 1 aromatic rings. The van der Waals surface area contributed by atoms with Gasteiger partial charge in [0.1, 0.15) is 5.82 Å². The summed E-state index contributed by atoms with van der Waals surface area (Å²) in [6.07, 6.45) is 1.15. The van der Waals surface area contributed by atoms with Gasteiger partial charge in [0.25, 0.3) is 0 Å². The zero-order chi connectivity index (χ0) is 14.8. The van der Waals surface area contributed by atoms with Crippen LogP contribution in [0.15, 0.2) is 16.6 Å². The number of carbonyl (C=O) groups is 1. The predicted molar refractivity (Wildman–Crippen MR) is 77.6 cm³/mol. The Morgan fingerprint density at radius 2 is 2.05 bits per heavy atom. The molecule has 0 aromatic heterocycles. The highest BCUT2D eigenvalue weighted by Crippen LogP contribution is 2.35. The molecule has 1 rings (SSSR count). The Morgan fingerprint density at radius 1 is 1.47 bits per heavy atom. The number of anilines is 1. The van der Waals surface area contributed by atoms with Crippen LogP contribution in [0.1, 0.15) is 45.1 Å². The van der Waals surface area contributed by atoms with Crippen LogP contribution >= 0.6 is 15.9 Å². The van der Waals surface area contributed by atoms with E-state index in [1.807, 2.05) is 20.8 Å². The molecule has 19 heavy (non-hydrogen) atoms. The van der Waals surface area contributed by atoms with E-state index in [0.717, 1.165) is 6.42 Å². The number of carboxylic acids is 1. The standard InChI is InChI=1S/C14H19BrFNO2/c1-14(2,3)5-4-9(13(18)19)10-6-8(16)7-11(15)12(10)17/h6-7,9H,4-5,17H2,1-3H3,(H,18,19). The fourth-order valence-electron chi connectivity index (χ4n) is 1.88. The number of rotatable bonds is 4. The van der Waals surface area contributed by atoms with Gasteiger partial charge in [-0.2, -0.15) is 0 Å². The lowest BCUT2D eigenvalue weighted by molar-refractivity contribution is -0.139. The summed E-state index contributed by atoms with van der Waals surface area (Å²) < 4.78 is 13.8. The average molecular weight is 332 g/mol. The number of halogens is 2. The van der Waals surface area contributed by atoms with Gasteiger partial charge in [0.15, 0.2) is 0 Å². The zero-order valence-electron chi connectivity index (χ0n) is 11.3. The maximum atomic E-state index is 13.4. The molecule has 1 aromatic carbocycles. The molecule has 0 aliphatic rings. The van der Waals surface area contributed by atoms with E-state index in [4.69, 9.17) is 5.73 Å². The molecule has 0 saturated heterocycles. The molecule has 5 heteroatoms. The number of aliphatic carboxylic acids is 1. The molecule has 1 atom stereocenters. The summed E-state index contributed by atoms with van der Waals surface area (Å²) in [6.45, 7) is 6.12. The SMILES string of the molecule is CC(C)(C)CCC(C(=O)O)c1cc(F)cc(Br)c1N. The monoisotopic (exact) mass is 331 g/mol. The molecule has 0 radical (unpaired) electrons. The van der Waals surface area contributed by atoms with E-state index in [1.165, 1.54) is 12.1 Å². The average Bonchev–Trinajstić information content (AvgIpc) is 2.22. The Bertz CT molecular complexity index is 483. The second-order valence-electron chi connectivity index (χ2n) is 5.88. The number of benzene rings is 1. The molecule has 0 bridgehead atoms. The van der Waals surface area contributed by atoms with Crippen LogP contribution in [0.3, 0.4) is 0 Å². The van der Waals surface area contributed by atoms with Gasteiger partial charge >= 0.3 is 5.97 Å². The maximum absolute atomic E-state index is 13.4. The highest BCUT2D eigenvalue weighted by atomic mass is 79.9. The van der Waals surface area contributed by atoms with Gasteiger partial charge in [-0.15, -0.1) is 0 Å². The molecule has 3 N–H and O–H groups in total. The van der Waals surface area contributed by atoms with E-state index in [1.54, 1.807) is 0 Å². The summed E-state index contributed by atoms with van der Waals surface area (Å²) in [5, 5.41) is 9.34. The Morgan fingerprint density at radius 3 is 2.53 bits per heavy atom. The molecule has 3 nitrogen and oxygen atoms in total. The minimum absolute atomic E-state index is 0.0209. The lowest BCUT2D eigenvalue weighted by Crippen LogP contribution is -2.17. The van der Waals surface area contributed by atoms with Crippen LogP contribution in [0.25, 0.3) is 0 Å². The van der Waals surface area contributed by atoms with Crippen molar-refractivity contribution >= 4 is 27.6 Å². The second-order valence-corrected chi connectivity index (χ2v) is 6.74. The predicted octanol–water partition coefficient (Wildman–Crippen LogP) is 4.16. The van der Waals surface area contributed by atoms with Gasteiger partial charge in [0, 0.05) is 4.47 Å². The summed E-state index contributed by atoms with van der Waals surface area (Å²) >= 11 is 3.15. The molecule has 0 heterocycles. The molecule has 0 aliphatic heterocycles. The summed E-state index contributed by atoms with van der Waals surface area (Å²) in [5.74, 6) is -2.25. The highest BCUT2D eigenvalue weighted by molar-refractivity contribution is 9.10. The van der Waals surface area contributed by atoms with E-state index < -0.39 is 17.7 Å². The van der Waals surface area contributed by atoms with Crippen LogP contribution < -0.4 is 5.73 Å². The first kappa shape index (κ1) is 16.0. The van der Waals surface area contributed by atoms with Gasteiger partial charge in [-0.1, -0.05) is 20.8 Å². The van der Waals surface area contributed by atoms with Crippen LogP contribution in [-0.4, -0.2) is 11.1 Å². The van der Waals surface area contributed by atoms with Gasteiger partial charge in [-0.25, -0.2) is 4.39 Å². The van der Waals surface area contributed by atoms with Crippen molar-refractivity contribution in [1.29, 1.82) is 0 Å². The summed E-state index contributed by atoms with van der Waals surface area (Å²) in [7, 11) is 0. The normalized spacial score (nSPS) is 13.3. The van der Waals surface area contributed by atoms with Gasteiger partial charge in [0.05, 0.1) is 11.6 Å². The van der Waals surface area contributed by atoms with Crippen LogP contribution in [0, 0.1) is 11.2 Å². The highest BCUT2D eigenvalue weighted by Gasteiger charge is 2.25. The van der Waals surface area contributed by atoms with E-state index >= 15 is 0 Å². The van der Waals surface area contributed by atoms with Crippen molar-refractivity contribution in [2.75, 3.05) is 5.73 Å². The van der Waals surface area contributed by atoms with Crippen molar-refractivity contribution in [2.45, 2.75) is 39.5 Å². The fraction of sp³-hybridized carbons (Fsp3) is 0.500. The molecule has 0 spiro atoms. The largest absolute Gasteiger partial charge is 0.481 e. The van der Waals surface area contributed by atoms with Crippen molar-refractivity contribution in [2.24, 2.45) is 5.41 Å². The Kier molecular flexibility index (Phi) is 4.96. The molecule has 0 fully saturated rings. The van der Waals surface area contributed by atoms with Gasteiger partial charge in [0.2, 0.25) is 0 Å². The first-order chi connectivity index (χ1) is 8.61. The lowest BCUT2D eigenvalue weighted by atomic mass is 9.84. The summed E-state index contributed by atoms with van der Waals surface area (Å²) in [4.78, 5) is 11.4. The molecule has 1 unspecified atom stereocenters. The van der Waals surface area contributed by atoms with Crippen LogP contribution in [0.2, 0.25) is 0 Å². The van der Waals surface area contributed by atoms with Crippen molar-refractivity contribution < 1.29 is 14.3 Å². The zero-order valence-corrected chi connectivity index (χ0v) is 12.9. The maximum Gasteiger partial charge on any atom is 0.311 e. The quantitative estimate of drug-likeness (QED) is 0.814. The number of nitrogen functional groups attached to an aromatic ring is 1. The molecule has 0 aliphatic carbocycles. The second kappa shape index (κ2) is 5.90.